The van der Waals surface area contributed by atoms with Crippen LogP contribution in [0.15, 0.2) is 4.63 Å². The van der Waals surface area contributed by atoms with Crippen LogP contribution < -0.4 is 11.1 Å². The van der Waals surface area contributed by atoms with E-state index in [1.54, 1.807) is 0 Å². The molecule has 1 atom stereocenters. The van der Waals surface area contributed by atoms with Crippen LogP contribution in [0.5, 0.6) is 0 Å². The van der Waals surface area contributed by atoms with E-state index in [0.29, 0.717) is 0 Å². The highest BCUT2D eigenvalue weighted by atomic mass is 16.6. The molecular formula is C8H15N5O2. The first-order valence-corrected chi connectivity index (χ1v) is 4.54. The van der Waals surface area contributed by atoms with Crippen molar-refractivity contribution in [3.05, 3.63) is 5.69 Å². The third kappa shape index (κ3) is 3.21. The summed E-state index contributed by atoms with van der Waals surface area (Å²) in [6, 6.07) is 0.00333. The van der Waals surface area contributed by atoms with Gasteiger partial charge in [-0.15, -0.1) is 0 Å². The van der Waals surface area contributed by atoms with Gasteiger partial charge in [0.2, 0.25) is 11.5 Å². The molecule has 0 radical (unpaired) electrons. The largest absolute Gasteiger partial charge is 0.379 e. The summed E-state index contributed by atoms with van der Waals surface area (Å²) in [4.78, 5) is 13.5. The number of anilines is 1. The topological polar surface area (TPSA) is 97.3 Å². The number of nitrogens with zero attached hydrogens (tertiary/aromatic N) is 3. The van der Waals surface area contributed by atoms with E-state index in [-0.39, 0.29) is 23.5 Å². The molecule has 3 N–H and O–H groups in total. The molecular weight excluding hydrogens is 198 g/mol. The van der Waals surface area contributed by atoms with Crippen molar-refractivity contribution in [1.82, 2.24) is 20.5 Å². The van der Waals surface area contributed by atoms with E-state index in [9.17, 15) is 4.79 Å². The van der Waals surface area contributed by atoms with E-state index in [0.717, 1.165) is 6.54 Å². The number of nitrogens with two attached hydrogens (primary N) is 1. The molecule has 7 nitrogen and oxygen atoms in total. The Morgan fingerprint density at radius 1 is 1.60 bits per heavy atom. The molecule has 1 heterocycles. The average molecular weight is 213 g/mol. The summed E-state index contributed by atoms with van der Waals surface area (Å²) in [7, 11) is 3.85. The van der Waals surface area contributed by atoms with Crippen molar-refractivity contribution in [2.75, 3.05) is 26.4 Å². The second-order valence-electron chi connectivity index (χ2n) is 3.63. The van der Waals surface area contributed by atoms with E-state index >= 15 is 0 Å². The molecule has 0 bridgehead atoms. The summed E-state index contributed by atoms with van der Waals surface area (Å²) in [5.74, 6) is -0.368. The van der Waals surface area contributed by atoms with Gasteiger partial charge in [0.25, 0.3) is 5.91 Å². The maximum Gasteiger partial charge on any atom is 0.277 e. The van der Waals surface area contributed by atoms with Gasteiger partial charge in [0.1, 0.15) is 0 Å². The Hall–Kier alpha value is -1.63. The van der Waals surface area contributed by atoms with Crippen LogP contribution in [0.1, 0.15) is 17.4 Å². The molecule has 1 unspecified atom stereocenters. The highest BCUT2D eigenvalue weighted by molar-refractivity contribution is 5.96. The number of likely N-dealkylation sites (N-methyl/N-ethyl adjacent to an activating group) is 1. The Balaban J connectivity index is 2.53. The molecule has 0 saturated carbocycles. The Labute approximate surface area is 87.6 Å². The van der Waals surface area contributed by atoms with Crippen molar-refractivity contribution in [3.63, 3.8) is 0 Å². The Bertz CT molecular complexity index is 336. The van der Waals surface area contributed by atoms with Gasteiger partial charge >= 0.3 is 0 Å². The number of nitrogen functional groups attached to an aromatic ring is 1. The molecule has 0 fully saturated rings. The van der Waals surface area contributed by atoms with Crippen LogP contribution >= 0.6 is 0 Å². The minimum absolute atomic E-state index is 0.00333. The first kappa shape index (κ1) is 11.4. The molecule has 0 aromatic carbocycles. The van der Waals surface area contributed by atoms with Gasteiger partial charge in [0, 0.05) is 12.6 Å². The maximum absolute atomic E-state index is 11.5. The first-order chi connectivity index (χ1) is 7.00. The summed E-state index contributed by atoms with van der Waals surface area (Å²) >= 11 is 0. The lowest BCUT2D eigenvalue weighted by molar-refractivity contribution is 0.0925. The number of nitrogens with one attached hydrogen (secondary N) is 1. The quantitative estimate of drug-likeness (QED) is 0.688. The smallest absolute Gasteiger partial charge is 0.277 e. The fourth-order valence-corrected chi connectivity index (χ4v) is 1.24. The molecule has 1 amide bonds. The lowest BCUT2D eigenvalue weighted by Crippen LogP contribution is -2.39. The van der Waals surface area contributed by atoms with Gasteiger partial charge in [-0.25, -0.2) is 4.63 Å². The second-order valence-corrected chi connectivity index (χ2v) is 3.63. The fourth-order valence-electron chi connectivity index (χ4n) is 1.24. The number of carbonyl (C=O) groups excluding carboxylic acids is 1. The van der Waals surface area contributed by atoms with Gasteiger partial charge in [-0.05, 0) is 31.3 Å². The van der Waals surface area contributed by atoms with Crippen LogP contribution in [-0.4, -0.2) is 47.8 Å². The van der Waals surface area contributed by atoms with Gasteiger partial charge in [-0.2, -0.15) is 0 Å². The first-order valence-electron chi connectivity index (χ1n) is 4.54. The lowest BCUT2D eigenvalue weighted by atomic mass is 10.3. The van der Waals surface area contributed by atoms with Gasteiger partial charge < -0.3 is 16.0 Å². The number of carbonyl (C=O) groups is 1. The van der Waals surface area contributed by atoms with Gasteiger partial charge in [-0.1, -0.05) is 0 Å². The third-order valence-electron chi connectivity index (χ3n) is 1.75. The van der Waals surface area contributed by atoms with Crippen LogP contribution in [0.25, 0.3) is 0 Å². The van der Waals surface area contributed by atoms with Crippen molar-refractivity contribution in [3.8, 4) is 0 Å². The zero-order valence-electron chi connectivity index (χ0n) is 9.02. The number of aromatic nitrogens is 2. The molecule has 0 aliphatic carbocycles. The summed E-state index contributed by atoms with van der Waals surface area (Å²) in [6.45, 7) is 2.62. The summed E-state index contributed by atoms with van der Waals surface area (Å²) < 4.78 is 4.33. The fraction of sp³-hybridized carbons (Fsp3) is 0.625. The van der Waals surface area contributed by atoms with Crippen LogP contribution in [0, 0.1) is 0 Å². The maximum atomic E-state index is 11.5. The molecule has 0 aliphatic rings. The molecule has 1 rings (SSSR count). The Morgan fingerprint density at radius 2 is 2.27 bits per heavy atom. The minimum atomic E-state index is -0.372. The monoisotopic (exact) mass is 213 g/mol. The number of amides is 1. The predicted octanol–water partition coefficient (Wildman–Crippen LogP) is -0.668. The van der Waals surface area contributed by atoms with Crippen LogP contribution in [0.4, 0.5) is 5.82 Å². The molecule has 15 heavy (non-hydrogen) atoms. The van der Waals surface area contributed by atoms with Gasteiger partial charge in [-0.3, -0.25) is 4.79 Å². The predicted molar refractivity (Wildman–Crippen MR) is 54.2 cm³/mol. The van der Waals surface area contributed by atoms with Crippen molar-refractivity contribution in [2.24, 2.45) is 0 Å². The molecule has 0 saturated heterocycles. The molecule has 0 aliphatic heterocycles. The van der Waals surface area contributed by atoms with Crippen molar-refractivity contribution < 1.29 is 9.42 Å². The molecule has 84 valence electrons. The number of hydrogen-bond donors (Lipinski definition) is 2. The summed E-state index contributed by atoms with van der Waals surface area (Å²) in [6.07, 6.45) is 0. The summed E-state index contributed by atoms with van der Waals surface area (Å²) in [5.41, 5.74) is 5.41. The second kappa shape index (κ2) is 4.74. The standard InChI is InChI=1S/C8H15N5O2/c1-5(4-13(2)3)10-8(14)6-7(9)12-15-11-6/h5H,4H2,1-3H3,(H2,9,12)(H,10,14). The Morgan fingerprint density at radius 3 is 2.73 bits per heavy atom. The van der Waals surface area contributed by atoms with Crippen molar-refractivity contribution in [2.45, 2.75) is 13.0 Å². The van der Waals surface area contributed by atoms with Gasteiger partial charge in [0.15, 0.2) is 0 Å². The van der Waals surface area contributed by atoms with E-state index in [2.05, 4.69) is 20.3 Å². The number of rotatable bonds is 4. The third-order valence-corrected chi connectivity index (χ3v) is 1.75. The highest BCUT2D eigenvalue weighted by Gasteiger charge is 2.17. The zero-order chi connectivity index (χ0) is 11.4. The Kier molecular flexibility index (Phi) is 3.62. The molecule has 7 heteroatoms. The van der Waals surface area contributed by atoms with E-state index < -0.39 is 0 Å². The lowest BCUT2D eigenvalue weighted by Gasteiger charge is -2.17. The van der Waals surface area contributed by atoms with Gasteiger partial charge in [0.05, 0.1) is 0 Å². The average Bonchev–Trinajstić information content (AvgIpc) is 2.49. The van der Waals surface area contributed by atoms with Crippen molar-refractivity contribution >= 4 is 11.7 Å². The molecule has 1 aromatic rings. The minimum Gasteiger partial charge on any atom is -0.379 e. The van der Waals surface area contributed by atoms with Crippen LogP contribution in [-0.2, 0) is 0 Å². The SMILES string of the molecule is CC(CN(C)C)NC(=O)c1nonc1N. The van der Waals surface area contributed by atoms with E-state index in [1.165, 1.54) is 0 Å². The zero-order valence-corrected chi connectivity index (χ0v) is 9.02. The number of hydrogen-bond acceptors (Lipinski definition) is 6. The normalized spacial score (nSPS) is 12.8. The molecule has 1 aromatic heterocycles. The summed E-state index contributed by atoms with van der Waals surface area (Å²) in [5, 5.41) is 9.47. The van der Waals surface area contributed by atoms with E-state index in [4.69, 9.17) is 5.73 Å². The van der Waals surface area contributed by atoms with Crippen LogP contribution in [0.3, 0.4) is 0 Å². The van der Waals surface area contributed by atoms with Crippen LogP contribution in [0.2, 0.25) is 0 Å². The highest BCUT2D eigenvalue weighted by Crippen LogP contribution is 2.03. The van der Waals surface area contributed by atoms with Crippen molar-refractivity contribution in [1.29, 1.82) is 0 Å². The molecule has 0 spiro atoms. The van der Waals surface area contributed by atoms with E-state index in [1.807, 2.05) is 25.9 Å².